The first-order valence-corrected chi connectivity index (χ1v) is 11.7. The number of hydrogen-bond donors (Lipinski definition) is 4. The Morgan fingerprint density at radius 1 is 1.03 bits per heavy atom. The number of methoxy groups -OCH3 is 1. The second kappa shape index (κ2) is 14.4. The molecule has 0 fully saturated rings. The molecule has 38 heavy (non-hydrogen) atoms. The van der Waals surface area contributed by atoms with Gasteiger partial charge in [-0.25, -0.2) is 4.79 Å². The van der Waals surface area contributed by atoms with Crippen molar-refractivity contribution in [2.45, 2.75) is 63.8 Å². The topological polar surface area (TPSA) is 148 Å². The molecule has 0 saturated heterocycles. The Bertz CT molecular complexity index is 1110. The van der Waals surface area contributed by atoms with E-state index in [1.807, 2.05) is 63.2 Å². The molecular weight excluding hydrogens is 507 g/mol. The number of nitrogens with two attached hydrogens (primary N) is 1. The number of alkyl halides is 3. The predicted octanol–water partition coefficient (Wildman–Crippen LogP) is 2.74. The molecule has 0 aromatic heterocycles. The molecule has 2 rings (SSSR count). The highest BCUT2D eigenvalue weighted by Crippen LogP contribution is 2.20. The molecule has 0 aliphatic rings. The molecule has 5 N–H and O–H groups in total. The molecule has 2 amide bonds. The van der Waals surface area contributed by atoms with Gasteiger partial charge in [-0.1, -0.05) is 42.5 Å². The van der Waals surface area contributed by atoms with Crippen molar-refractivity contribution in [3.8, 4) is 0 Å². The Morgan fingerprint density at radius 3 is 2.16 bits per heavy atom. The standard InChI is InChI=1S/C24H33N3O4.C2HF3O2/c1-24(2,3)27-22(29)14-19(25)23(30)26-20(15-31-4)21(28)13-12-17-10-7-9-16-8-5-6-11-18(16)17;3-2(4,5)1(6)7/h5-11,19-20H,12-15,25H2,1-4H3,(H,26,30)(H,27,29);(H,6,7)/t19-,20-;/m0./s1. The van der Waals surface area contributed by atoms with Crippen molar-refractivity contribution in [3.63, 3.8) is 0 Å². The minimum Gasteiger partial charge on any atom is -0.475 e. The third kappa shape index (κ3) is 11.7. The molecule has 0 spiro atoms. The minimum absolute atomic E-state index is 0.0427. The first-order chi connectivity index (χ1) is 17.5. The first kappa shape index (κ1) is 32.5. The summed E-state index contributed by atoms with van der Waals surface area (Å²) in [4.78, 5) is 46.2. The van der Waals surface area contributed by atoms with Gasteiger partial charge in [0, 0.05) is 19.1 Å². The SMILES string of the molecule is COC[C@H](NC(=O)[C@@H](N)CC(=O)NC(C)(C)C)C(=O)CCc1cccc2ccccc12.O=C(O)C(F)(F)F. The van der Waals surface area contributed by atoms with Gasteiger partial charge in [0.15, 0.2) is 5.78 Å². The van der Waals surface area contributed by atoms with E-state index in [0.717, 1.165) is 16.3 Å². The molecule has 0 aliphatic carbocycles. The summed E-state index contributed by atoms with van der Waals surface area (Å²) in [7, 11) is 1.47. The third-order valence-electron chi connectivity index (χ3n) is 5.06. The van der Waals surface area contributed by atoms with Crippen LogP contribution in [0.4, 0.5) is 13.2 Å². The van der Waals surface area contributed by atoms with E-state index >= 15 is 0 Å². The highest BCUT2D eigenvalue weighted by molar-refractivity contribution is 5.93. The van der Waals surface area contributed by atoms with Gasteiger partial charge in [-0.15, -0.1) is 0 Å². The van der Waals surface area contributed by atoms with Crippen LogP contribution in [-0.4, -0.2) is 66.2 Å². The molecule has 2 aromatic rings. The molecular formula is C26H34F3N3O6. The number of ketones is 1. The summed E-state index contributed by atoms with van der Waals surface area (Å²) in [6.45, 7) is 5.58. The van der Waals surface area contributed by atoms with Gasteiger partial charge in [0.1, 0.15) is 6.04 Å². The molecule has 12 heteroatoms. The summed E-state index contributed by atoms with van der Waals surface area (Å²) in [6.07, 6.45) is -4.44. The van der Waals surface area contributed by atoms with E-state index in [0.29, 0.717) is 6.42 Å². The maximum Gasteiger partial charge on any atom is 0.490 e. The summed E-state index contributed by atoms with van der Waals surface area (Å²) in [6, 6.07) is 12.2. The van der Waals surface area contributed by atoms with Gasteiger partial charge in [-0.05, 0) is 43.5 Å². The van der Waals surface area contributed by atoms with Gasteiger partial charge in [-0.3, -0.25) is 14.4 Å². The highest BCUT2D eigenvalue weighted by atomic mass is 19.4. The van der Waals surface area contributed by atoms with Crippen molar-refractivity contribution in [1.82, 2.24) is 10.6 Å². The molecule has 0 heterocycles. The number of Topliss-reactive ketones (excluding diaryl/α,β-unsaturated/α-hetero) is 1. The van der Waals surface area contributed by atoms with Gasteiger partial charge in [0.25, 0.3) is 0 Å². The number of carbonyl (C=O) groups is 4. The lowest BCUT2D eigenvalue weighted by atomic mass is 9.98. The van der Waals surface area contributed by atoms with Gasteiger partial charge in [-0.2, -0.15) is 13.2 Å². The quantitative estimate of drug-likeness (QED) is 0.362. The van der Waals surface area contributed by atoms with Crippen molar-refractivity contribution >= 4 is 34.3 Å². The zero-order valence-electron chi connectivity index (χ0n) is 21.7. The van der Waals surface area contributed by atoms with E-state index in [1.165, 1.54) is 7.11 Å². The summed E-state index contributed by atoms with van der Waals surface area (Å²) >= 11 is 0. The Hall–Kier alpha value is -3.51. The number of carboxylic acid groups (broad SMARTS) is 1. The summed E-state index contributed by atoms with van der Waals surface area (Å²) < 4.78 is 36.9. The van der Waals surface area contributed by atoms with Gasteiger partial charge >= 0.3 is 12.1 Å². The van der Waals surface area contributed by atoms with Crippen LogP contribution in [0.15, 0.2) is 42.5 Å². The Morgan fingerprint density at radius 2 is 1.61 bits per heavy atom. The van der Waals surface area contributed by atoms with Crippen LogP contribution in [0.1, 0.15) is 39.2 Å². The number of aliphatic carboxylic acids is 1. The van der Waals surface area contributed by atoms with E-state index < -0.39 is 35.7 Å². The molecule has 210 valence electrons. The normalized spacial score (nSPS) is 13.1. The molecule has 0 radical (unpaired) electrons. The van der Waals surface area contributed by atoms with Crippen LogP contribution in [0.25, 0.3) is 10.8 Å². The van der Waals surface area contributed by atoms with E-state index in [4.69, 9.17) is 20.4 Å². The highest BCUT2D eigenvalue weighted by Gasteiger charge is 2.38. The number of ether oxygens (including phenoxy) is 1. The van der Waals surface area contributed by atoms with Gasteiger partial charge in [0.05, 0.1) is 19.1 Å². The maximum absolute atomic E-state index is 12.8. The molecule has 2 aromatic carbocycles. The van der Waals surface area contributed by atoms with Gasteiger partial charge < -0.3 is 26.2 Å². The zero-order valence-corrected chi connectivity index (χ0v) is 21.7. The van der Waals surface area contributed by atoms with Crippen molar-refractivity contribution in [3.05, 3.63) is 48.0 Å². The number of halogens is 3. The third-order valence-corrected chi connectivity index (χ3v) is 5.06. The fourth-order valence-electron chi connectivity index (χ4n) is 3.36. The first-order valence-electron chi connectivity index (χ1n) is 11.7. The molecule has 0 saturated carbocycles. The van der Waals surface area contributed by atoms with Crippen LogP contribution in [0, 0.1) is 0 Å². The van der Waals surface area contributed by atoms with Crippen LogP contribution in [0.2, 0.25) is 0 Å². The Balaban J connectivity index is 0.000000905. The fraction of sp³-hybridized carbons (Fsp3) is 0.462. The number of rotatable bonds is 10. The predicted molar refractivity (Wildman–Crippen MR) is 135 cm³/mol. The van der Waals surface area contributed by atoms with Gasteiger partial charge in [0.2, 0.25) is 11.8 Å². The van der Waals surface area contributed by atoms with E-state index in [1.54, 1.807) is 0 Å². The van der Waals surface area contributed by atoms with Crippen molar-refractivity contribution in [1.29, 1.82) is 0 Å². The minimum atomic E-state index is -5.08. The maximum atomic E-state index is 12.8. The largest absolute Gasteiger partial charge is 0.490 e. The number of hydrogen-bond acceptors (Lipinski definition) is 6. The lowest BCUT2D eigenvalue weighted by Crippen LogP contribution is -2.52. The number of nitrogens with one attached hydrogen (secondary N) is 2. The molecule has 9 nitrogen and oxygen atoms in total. The average molecular weight is 542 g/mol. The van der Waals surface area contributed by atoms with Crippen LogP contribution in [0.5, 0.6) is 0 Å². The van der Waals surface area contributed by atoms with Crippen molar-refractivity contribution < 1.29 is 42.2 Å². The van der Waals surface area contributed by atoms with Crippen molar-refractivity contribution in [2.24, 2.45) is 5.73 Å². The average Bonchev–Trinajstić information content (AvgIpc) is 2.80. The second-order valence-electron chi connectivity index (χ2n) is 9.53. The smallest absolute Gasteiger partial charge is 0.475 e. The van der Waals surface area contributed by atoms with Crippen LogP contribution in [-0.2, 0) is 30.3 Å². The monoisotopic (exact) mass is 541 g/mol. The molecule has 0 aliphatic heterocycles. The molecule has 0 bridgehead atoms. The second-order valence-corrected chi connectivity index (χ2v) is 9.53. The number of benzene rings is 2. The summed E-state index contributed by atoms with van der Waals surface area (Å²) in [5.41, 5.74) is 6.54. The fourth-order valence-corrected chi connectivity index (χ4v) is 3.36. The lowest BCUT2D eigenvalue weighted by Gasteiger charge is -2.23. The Kier molecular flexibility index (Phi) is 12.4. The summed E-state index contributed by atoms with van der Waals surface area (Å²) in [5.74, 6) is -3.77. The zero-order chi connectivity index (χ0) is 29.1. The number of fused-ring (bicyclic) bond motifs is 1. The number of carboxylic acids is 1. The molecule has 2 atom stereocenters. The van der Waals surface area contributed by atoms with Crippen LogP contribution in [0.3, 0.4) is 0 Å². The Labute approximate surface area is 218 Å². The van der Waals surface area contributed by atoms with Crippen molar-refractivity contribution in [2.75, 3.05) is 13.7 Å². The number of carbonyl (C=O) groups excluding carboxylic acids is 3. The van der Waals surface area contributed by atoms with Crippen LogP contribution >= 0.6 is 0 Å². The van der Waals surface area contributed by atoms with E-state index in [-0.39, 0.29) is 31.1 Å². The van der Waals surface area contributed by atoms with Crippen LogP contribution < -0.4 is 16.4 Å². The van der Waals surface area contributed by atoms with E-state index in [9.17, 15) is 27.6 Å². The lowest BCUT2D eigenvalue weighted by molar-refractivity contribution is -0.192. The van der Waals surface area contributed by atoms with E-state index in [2.05, 4.69) is 10.6 Å². The molecule has 0 unspecified atom stereocenters. The number of amides is 2. The number of aryl methyl sites for hydroxylation is 1. The summed E-state index contributed by atoms with van der Waals surface area (Å²) in [5, 5.41) is 14.8.